The van der Waals surface area contributed by atoms with Crippen LogP contribution in [0.1, 0.15) is 46.5 Å². The molecule has 1 saturated carbocycles. The minimum absolute atomic E-state index is 0.0130. The Morgan fingerprint density at radius 2 is 1.89 bits per heavy atom. The Balaban J connectivity index is 2.59. The van der Waals surface area contributed by atoms with Gasteiger partial charge in [-0.3, -0.25) is 0 Å². The molecule has 1 aliphatic carbocycles. The predicted octanol–water partition coefficient (Wildman–Crippen LogP) is 2.87. The summed E-state index contributed by atoms with van der Waals surface area (Å²) in [7, 11) is -1.27. The van der Waals surface area contributed by atoms with E-state index in [1.165, 1.54) is 0 Å². The van der Waals surface area contributed by atoms with Crippen LogP contribution in [-0.2, 0) is 11.0 Å². The molecule has 0 aromatic heterocycles. The molecule has 0 heterocycles. The number of hydrogen-bond donors (Lipinski definition) is 1. The molecular formula is C13H21F2NOS. The van der Waals surface area contributed by atoms with Crippen molar-refractivity contribution < 1.29 is 13.0 Å². The molecule has 0 aromatic carbocycles. The normalized spacial score (nSPS) is 24.2. The lowest BCUT2D eigenvalue weighted by atomic mass is 9.82. The molecule has 1 N–H and O–H groups in total. The molecule has 1 aliphatic rings. The summed E-state index contributed by atoms with van der Waals surface area (Å²) in [5, 5.41) is 0. The standard InChI is InChI=1S/C13H21F2NOS/c1-5-11(16-18(17)12(2,3)4)10-6-8-13(14,15)9-7-10/h1,10-11,16H,6-9H2,2-4H3. The Morgan fingerprint density at radius 1 is 1.39 bits per heavy atom. The maximum absolute atomic E-state index is 13.1. The van der Waals surface area contributed by atoms with E-state index in [2.05, 4.69) is 10.6 Å². The van der Waals surface area contributed by atoms with Crippen molar-refractivity contribution in [2.24, 2.45) is 5.92 Å². The molecule has 0 spiro atoms. The van der Waals surface area contributed by atoms with Gasteiger partial charge in [0.2, 0.25) is 5.92 Å². The Morgan fingerprint density at radius 3 is 2.28 bits per heavy atom. The SMILES string of the molecule is C#CC(NS(=O)C(C)(C)C)C1CCC(F)(F)CC1. The molecule has 1 rings (SSSR count). The third kappa shape index (κ3) is 4.33. The van der Waals surface area contributed by atoms with E-state index in [-0.39, 0.29) is 24.8 Å². The number of alkyl halides is 2. The van der Waals surface area contributed by atoms with Gasteiger partial charge >= 0.3 is 0 Å². The Bertz CT molecular complexity index is 347. The average Bonchev–Trinajstić information content (AvgIpc) is 2.24. The van der Waals surface area contributed by atoms with E-state index in [1.54, 1.807) is 0 Å². The summed E-state index contributed by atoms with van der Waals surface area (Å²) in [6.45, 7) is 5.54. The molecule has 0 radical (unpaired) electrons. The van der Waals surface area contributed by atoms with Gasteiger partial charge in [0.05, 0.1) is 21.8 Å². The van der Waals surface area contributed by atoms with E-state index in [4.69, 9.17) is 6.42 Å². The predicted molar refractivity (Wildman–Crippen MR) is 70.6 cm³/mol. The third-order valence-corrected chi connectivity index (χ3v) is 4.78. The van der Waals surface area contributed by atoms with Gasteiger partial charge in [0, 0.05) is 12.8 Å². The zero-order valence-electron chi connectivity index (χ0n) is 11.1. The maximum atomic E-state index is 13.1. The number of nitrogens with one attached hydrogen (secondary N) is 1. The van der Waals surface area contributed by atoms with E-state index >= 15 is 0 Å². The number of halogens is 2. The lowest BCUT2D eigenvalue weighted by Gasteiger charge is -2.32. The molecule has 5 heteroatoms. The van der Waals surface area contributed by atoms with Gasteiger partial charge in [0.15, 0.2) is 0 Å². The summed E-state index contributed by atoms with van der Waals surface area (Å²) < 4.78 is 40.6. The van der Waals surface area contributed by atoms with Gasteiger partial charge in [-0.25, -0.2) is 17.7 Å². The molecular weight excluding hydrogens is 256 g/mol. The topological polar surface area (TPSA) is 29.1 Å². The molecule has 2 nitrogen and oxygen atoms in total. The number of terminal acetylenes is 1. The second kappa shape index (κ2) is 5.66. The van der Waals surface area contributed by atoms with Gasteiger partial charge in [0.25, 0.3) is 0 Å². The van der Waals surface area contributed by atoms with Crippen LogP contribution in [0, 0.1) is 18.3 Å². The highest BCUT2D eigenvalue weighted by molar-refractivity contribution is 7.84. The lowest BCUT2D eigenvalue weighted by Crippen LogP contribution is -2.44. The van der Waals surface area contributed by atoms with Gasteiger partial charge in [0.1, 0.15) is 0 Å². The average molecular weight is 277 g/mol. The first-order valence-electron chi connectivity index (χ1n) is 6.18. The minimum atomic E-state index is -2.56. The van der Waals surface area contributed by atoms with Crippen LogP contribution in [0.2, 0.25) is 0 Å². The lowest BCUT2D eigenvalue weighted by molar-refractivity contribution is -0.0469. The number of hydrogen-bond acceptors (Lipinski definition) is 1. The van der Waals surface area contributed by atoms with Gasteiger partial charge in [-0.2, -0.15) is 0 Å². The van der Waals surface area contributed by atoms with Crippen LogP contribution in [0.4, 0.5) is 8.78 Å². The molecule has 18 heavy (non-hydrogen) atoms. The molecule has 2 atom stereocenters. The maximum Gasteiger partial charge on any atom is 0.248 e. The van der Waals surface area contributed by atoms with Gasteiger partial charge in [-0.15, -0.1) is 6.42 Å². The van der Waals surface area contributed by atoms with Crippen LogP contribution < -0.4 is 4.72 Å². The van der Waals surface area contributed by atoms with Crippen LogP contribution >= 0.6 is 0 Å². The second-order valence-corrected chi connectivity index (χ2v) is 7.83. The molecule has 0 saturated heterocycles. The summed E-state index contributed by atoms with van der Waals surface area (Å²) in [6, 6.07) is -0.388. The zero-order valence-corrected chi connectivity index (χ0v) is 11.9. The summed E-state index contributed by atoms with van der Waals surface area (Å²) >= 11 is 0. The Labute approximate surface area is 111 Å². The summed E-state index contributed by atoms with van der Waals surface area (Å²) in [5.74, 6) is -0.0167. The fraction of sp³-hybridized carbons (Fsp3) is 0.846. The fourth-order valence-corrected chi connectivity index (χ4v) is 2.80. The quantitative estimate of drug-likeness (QED) is 0.790. The van der Waals surface area contributed by atoms with E-state index in [0.717, 1.165) is 0 Å². The highest BCUT2D eigenvalue weighted by Gasteiger charge is 2.38. The van der Waals surface area contributed by atoms with Crippen molar-refractivity contribution in [2.75, 3.05) is 0 Å². The summed E-state index contributed by atoms with van der Waals surface area (Å²) in [6.07, 6.45) is 5.95. The molecule has 0 bridgehead atoms. The van der Waals surface area contributed by atoms with Gasteiger partial charge in [-0.05, 0) is 39.5 Å². The zero-order chi connectivity index (χ0) is 14.0. The van der Waals surface area contributed by atoms with E-state index in [0.29, 0.717) is 12.8 Å². The Hall–Kier alpha value is -0.470. The van der Waals surface area contributed by atoms with Crippen molar-refractivity contribution in [2.45, 2.75) is 63.2 Å². The molecule has 0 aromatic rings. The van der Waals surface area contributed by atoms with E-state index in [9.17, 15) is 13.0 Å². The Kier molecular flexibility index (Phi) is 4.90. The van der Waals surface area contributed by atoms with Crippen LogP contribution in [0.3, 0.4) is 0 Å². The first kappa shape index (κ1) is 15.6. The van der Waals surface area contributed by atoms with Gasteiger partial charge in [-0.1, -0.05) is 5.92 Å². The first-order valence-corrected chi connectivity index (χ1v) is 7.33. The van der Waals surface area contributed by atoms with Gasteiger partial charge < -0.3 is 0 Å². The summed E-state index contributed by atoms with van der Waals surface area (Å²) in [4.78, 5) is 0. The molecule has 0 aliphatic heterocycles. The van der Waals surface area contributed by atoms with E-state index < -0.39 is 21.7 Å². The largest absolute Gasteiger partial charge is 0.248 e. The summed E-state index contributed by atoms with van der Waals surface area (Å²) in [5.41, 5.74) is 0. The fourth-order valence-electron chi connectivity index (χ4n) is 1.95. The van der Waals surface area contributed by atoms with Crippen molar-refractivity contribution in [3.63, 3.8) is 0 Å². The van der Waals surface area contributed by atoms with Crippen molar-refractivity contribution in [3.05, 3.63) is 0 Å². The third-order valence-electron chi connectivity index (χ3n) is 3.20. The van der Waals surface area contributed by atoms with Crippen LogP contribution in [0.25, 0.3) is 0 Å². The van der Waals surface area contributed by atoms with Crippen molar-refractivity contribution in [1.29, 1.82) is 0 Å². The molecule has 2 unspecified atom stereocenters. The monoisotopic (exact) mass is 277 g/mol. The van der Waals surface area contributed by atoms with Crippen LogP contribution in [0.5, 0.6) is 0 Å². The second-order valence-electron chi connectivity index (χ2n) is 5.84. The molecule has 0 amide bonds. The molecule has 104 valence electrons. The first-order chi connectivity index (χ1) is 8.15. The minimum Gasteiger partial charge on any atom is -0.242 e. The van der Waals surface area contributed by atoms with E-state index in [1.807, 2.05) is 20.8 Å². The highest BCUT2D eigenvalue weighted by atomic mass is 32.2. The van der Waals surface area contributed by atoms with Crippen molar-refractivity contribution >= 4 is 11.0 Å². The van der Waals surface area contributed by atoms with Crippen LogP contribution in [-0.4, -0.2) is 20.9 Å². The molecule has 1 fully saturated rings. The van der Waals surface area contributed by atoms with Crippen molar-refractivity contribution in [1.82, 2.24) is 4.72 Å². The number of rotatable bonds is 3. The smallest absolute Gasteiger partial charge is 0.242 e. The highest BCUT2D eigenvalue weighted by Crippen LogP contribution is 2.37. The van der Waals surface area contributed by atoms with Crippen LogP contribution in [0.15, 0.2) is 0 Å². The van der Waals surface area contributed by atoms with Crippen molar-refractivity contribution in [3.8, 4) is 12.3 Å².